The van der Waals surface area contributed by atoms with Gasteiger partial charge in [0.15, 0.2) is 0 Å². The minimum atomic E-state index is 0.441. The van der Waals surface area contributed by atoms with Crippen LogP contribution in [0.15, 0.2) is 12.1 Å². The molecular weight excluding hydrogens is 214 g/mol. The van der Waals surface area contributed by atoms with Crippen LogP contribution in [0.4, 0.5) is 0 Å². The van der Waals surface area contributed by atoms with Crippen LogP contribution in [0.2, 0.25) is 4.34 Å². The topological polar surface area (TPSA) is 12.0 Å². The van der Waals surface area contributed by atoms with Gasteiger partial charge in [-0.05, 0) is 37.8 Å². The molecule has 1 fully saturated rings. The van der Waals surface area contributed by atoms with Gasteiger partial charge in [-0.1, -0.05) is 18.5 Å². The molecule has 0 unspecified atom stereocenters. The highest BCUT2D eigenvalue weighted by Crippen LogP contribution is 2.35. The number of nitrogens with one attached hydrogen (secondary N) is 1. The van der Waals surface area contributed by atoms with Crippen LogP contribution in [-0.2, 0) is 6.54 Å². The van der Waals surface area contributed by atoms with E-state index in [-0.39, 0.29) is 0 Å². The van der Waals surface area contributed by atoms with Crippen molar-refractivity contribution in [2.24, 2.45) is 0 Å². The van der Waals surface area contributed by atoms with Crippen LogP contribution in [0.3, 0.4) is 0 Å². The Morgan fingerprint density at radius 1 is 1.50 bits per heavy atom. The van der Waals surface area contributed by atoms with Crippen LogP contribution in [0.25, 0.3) is 0 Å². The summed E-state index contributed by atoms with van der Waals surface area (Å²) in [5.41, 5.74) is 0.441. The molecule has 0 aliphatic heterocycles. The summed E-state index contributed by atoms with van der Waals surface area (Å²) in [4.78, 5) is 1.34. The zero-order chi connectivity index (χ0) is 10.0. The van der Waals surface area contributed by atoms with E-state index in [9.17, 15) is 0 Å². The summed E-state index contributed by atoms with van der Waals surface area (Å²) in [5.74, 6) is 0. The molecule has 3 heteroatoms. The second-order valence-electron chi connectivity index (χ2n) is 4.05. The lowest BCUT2D eigenvalue weighted by Crippen LogP contribution is -2.49. The number of rotatable bonds is 4. The standard InChI is InChI=1S/C11H16ClNS/c1-2-11(6-3-7-11)13-8-9-4-5-10(12)14-9/h4-5,13H,2-3,6-8H2,1H3. The van der Waals surface area contributed by atoms with Crippen LogP contribution in [-0.4, -0.2) is 5.54 Å². The Hall–Kier alpha value is -0.0500. The maximum absolute atomic E-state index is 5.88. The van der Waals surface area contributed by atoms with Gasteiger partial charge >= 0.3 is 0 Å². The quantitative estimate of drug-likeness (QED) is 0.828. The molecule has 78 valence electrons. The van der Waals surface area contributed by atoms with E-state index in [1.54, 1.807) is 11.3 Å². The molecule has 1 nitrogen and oxygen atoms in total. The third kappa shape index (κ3) is 2.13. The van der Waals surface area contributed by atoms with Crippen LogP contribution >= 0.6 is 22.9 Å². The van der Waals surface area contributed by atoms with Gasteiger partial charge in [-0.3, -0.25) is 0 Å². The molecule has 0 saturated heterocycles. The van der Waals surface area contributed by atoms with E-state index < -0.39 is 0 Å². The highest BCUT2D eigenvalue weighted by Gasteiger charge is 2.34. The largest absolute Gasteiger partial charge is 0.306 e. The molecule has 1 aromatic heterocycles. The number of hydrogen-bond donors (Lipinski definition) is 1. The van der Waals surface area contributed by atoms with Crippen molar-refractivity contribution in [1.82, 2.24) is 5.32 Å². The fourth-order valence-electron chi connectivity index (χ4n) is 1.98. The lowest BCUT2D eigenvalue weighted by molar-refractivity contribution is 0.176. The Bertz CT molecular complexity index is 298. The minimum Gasteiger partial charge on any atom is -0.306 e. The molecule has 0 amide bonds. The summed E-state index contributed by atoms with van der Waals surface area (Å²) in [6, 6.07) is 4.09. The van der Waals surface area contributed by atoms with Crippen LogP contribution < -0.4 is 5.32 Å². The maximum atomic E-state index is 5.88. The molecule has 1 aromatic rings. The van der Waals surface area contributed by atoms with Gasteiger partial charge in [0.25, 0.3) is 0 Å². The Labute approximate surface area is 94.5 Å². The third-order valence-electron chi connectivity index (χ3n) is 3.25. The van der Waals surface area contributed by atoms with Crippen molar-refractivity contribution < 1.29 is 0 Å². The van der Waals surface area contributed by atoms with E-state index in [4.69, 9.17) is 11.6 Å². The first kappa shape index (κ1) is 10.5. The van der Waals surface area contributed by atoms with Gasteiger partial charge in [-0.25, -0.2) is 0 Å². The lowest BCUT2D eigenvalue weighted by atomic mass is 9.75. The van der Waals surface area contributed by atoms with E-state index >= 15 is 0 Å². The normalized spacial score (nSPS) is 19.3. The fraction of sp³-hybridized carbons (Fsp3) is 0.636. The van der Waals surface area contributed by atoms with Gasteiger partial charge < -0.3 is 5.32 Å². The van der Waals surface area contributed by atoms with Crippen molar-refractivity contribution in [2.75, 3.05) is 0 Å². The van der Waals surface area contributed by atoms with E-state index in [1.165, 1.54) is 30.6 Å². The van der Waals surface area contributed by atoms with Gasteiger partial charge in [0, 0.05) is 17.0 Å². The number of halogens is 1. The molecule has 1 N–H and O–H groups in total. The first-order chi connectivity index (χ1) is 6.74. The van der Waals surface area contributed by atoms with Gasteiger partial charge in [0.1, 0.15) is 0 Å². The van der Waals surface area contributed by atoms with Crippen molar-refractivity contribution in [3.63, 3.8) is 0 Å². The second kappa shape index (κ2) is 4.21. The average molecular weight is 230 g/mol. The van der Waals surface area contributed by atoms with E-state index in [0.29, 0.717) is 5.54 Å². The SMILES string of the molecule is CCC1(NCc2ccc(Cl)s2)CCC1. The molecular formula is C11H16ClNS. The third-order valence-corrected chi connectivity index (χ3v) is 4.49. The number of hydrogen-bond acceptors (Lipinski definition) is 2. The van der Waals surface area contributed by atoms with Gasteiger partial charge in [0.05, 0.1) is 4.34 Å². The summed E-state index contributed by atoms with van der Waals surface area (Å²) >= 11 is 7.56. The zero-order valence-electron chi connectivity index (χ0n) is 8.48. The number of thiophene rings is 1. The first-order valence-corrected chi connectivity index (χ1v) is 6.43. The summed E-state index contributed by atoms with van der Waals surface area (Å²) in [5, 5.41) is 3.66. The Balaban J connectivity index is 1.87. The van der Waals surface area contributed by atoms with Crippen LogP contribution in [0, 0.1) is 0 Å². The Kier molecular flexibility index (Phi) is 3.15. The molecule has 1 aliphatic carbocycles. The van der Waals surface area contributed by atoms with E-state index in [0.717, 1.165) is 10.9 Å². The molecule has 0 aromatic carbocycles. The zero-order valence-corrected chi connectivity index (χ0v) is 10.0. The molecule has 14 heavy (non-hydrogen) atoms. The molecule has 0 atom stereocenters. The first-order valence-electron chi connectivity index (χ1n) is 5.23. The predicted octanol–water partition coefficient (Wildman–Crippen LogP) is 3.82. The van der Waals surface area contributed by atoms with Crippen LogP contribution in [0.5, 0.6) is 0 Å². The molecule has 0 bridgehead atoms. The maximum Gasteiger partial charge on any atom is 0.0931 e. The predicted molar refractivity (Wildman–Crippen MR) is 63.0 cm³/mol. The summed E-state index contributed by atoms with van der Waals surface area (Å²) in [6.45, 7) is 3.25. The van der Waals surface area contributed by atoms with Crippen molar-refractivity contribution in [2.45, 2.75) is 44.7 Å². The van der Waals surface area contributed by atoms with Crippen molar-refractivity contribution in [3.8, 4) is 0 Å². The Morgan fingerprint density at radius 3 is 2.71 bits per heavy atom. The lowest BCUT2D eigenvalue weighted by Gasteiger charge is -2.42. The molecule has 0 spiro atoms. The minimum absolute atomic E-state index is 0.441. The van der Waals surface area contributed by atoms with E-state index in [2.05, 4.69) is 18.3 Å². The molecule has 1 heterocycles. The summed E-state index contributed by atoms with van der Waals surface area (Å²) < 4.78 is 0.890. The smallest absolute Gasteiger partial charge is 0.0931 e. The van der Waals surface area contributed by atoms with Gasteiger partial charge in [-0.2, -0.15) is 0 Å². The molecule has 1 saturated carbocycles. The van der Waals surface area contributed by atoms with E-state index in [1.807, 2.05) is 6.07 Å². The monoisotopic (exact) mass is 229 g/mol. The van der Waals surface area contributed by atoms with Gasteiger partial charge in [0.2, 0.25) is 0 Å². The van der Waals surface area contributed by atoms with Crippen LogP contribution in [0.1, 0.15) is 37.5 Å². The van der Waals surface area contributed by atoms with Crippen molar-refractivity contribution >= 4 is 22.9 Å². The molecule has 2 rings (SSSR count). The second-order valence-corrected chi connectivity index (χ2v) is 5.85. The summed E-state index contributed by atoms with van der Waals surface area (Å²) in [7, 11) is 0. The van der Waals surface area contributed by atoms with Crippen molar-refractivity contribution in [3.05, 3.63) is 21.3 Å². The average Bonchev–Trinajstić information content (AvgIpc) is 2.50. The van der Waals surface area contributed by atoms with Crippen molar-refractivity contribution in [1.29, 1.82) is 0 Å². The fourth-order valence-corrected chi connectivity index (χ4v) is 3.01. The summed E-state index contributed by atoms with van der Waals surface area (Å²) in [6.07, 6.45) is 5.29. The Morgan fingerprint density at radius 2 is 2.29 bits per heavy atom. The molecule has 0 radical (unpaired) electrons. The van der Waals surface area contributed by atoms with Gasteiger partial charge in [-0.15, -0.1) is 11.3 Å². The highest BCUT2D eigenvalue weighted by atomic mass is 35.5. The highest BCUT2D eigenvalue weighted by molar-refractivity contribution is 7.16. The molecule has 1 aliphatic rings.